The van der Waals surface area contributed by atoms with Crippen molar-refractivity contribution in [2.24, 2.45) is 0 Å². The van der Waals surface area contributed by atoms with E-state index in [4.69, 9.17) is 4.74 Å². The fraction of sp³-hybridized carbons (Fsp3) is 0.421. The van der Waals surface area contributed by atoms with Crippen LogP contribution in [0.25, 0.3) is 0 Å². The smallest absolute Gasteiger partial charge is 0.298 e. The normalized spacial score (nSPS) is 11.8. The Hall–Kier alpha value is -2.43. The lowest BCUT2D eigenvalue weighted by atomic mass is 9.93. The van der Waals surface area contributed by atoms with E-state index in [2.05, 4.69) is 46.5 Å². The molecule has 128 valence electrons. The molecule has 2 rings (SSSR count). The van der Waals surface area contributed by atoms with Crippen molar-refractivity contribution in [1.29, 1.82) is 0 Å². The first-order chi connectivity index (χ1) is 11.7. The number of hydrogen-bond donors (Lipinski definition) is 1. The molecule has 1 aromatic carbocycles. The summed E-state index contributed by atoms with van der Waals surface area (Å²) in [6.07, 6.45) is 3.49. The van der Waals surface area contributed by atoms with Crippen molar-refractivity contribution in [3.05, 3.63) is 47.3 Å². The Labute approximate surface area is 143 Å². The van der Waals surface area contributed by atoms with Crippen molar-refractivity contribution < 1.29 is 9.53 Å². The van der Waals surface area contributed by atoms with Crippen LogP contribution in [-0.2, 0) is 4.79 Å². The molecule has 5 nitrogen and oxygen atoms in total. The predicted octanol–water partition coefficient (Wildman–Crippen LogP) is 4.01. The Morgan fingerprint density at radius 2 is 1.83 bits per heavy atom. The second-order valence-electron chi connectivity index (χ2n) is 5.89. The molecule has 24 heavy (non-hydrogen) atoms. The minimum absolute atomic E-state index is 0.405. The van der Waals surface area contributed by atoms with E-state index in [9.17, 15) is 4.79 Å². The van der Waals surface area contributed by atoms with Crippen molar-refractivity contribution in [1.82, 2.24) is 9.97 Å². The number of aryl methyl sites for hydroxylation is 2. The summed E-state index contributed by atoms with van der Waals surface area (Å²) in [5.74, 6) is 1.42. The van der Waals surface area contributed by atoms with E-state index in [0.717, 1.165) is 13.0 Å². The molecule has 1 N–H and O–H groups in total. The van der Waals surface area contributed by atoms with Crippen molar-refractivity contribution in [2.45, 2.75) is 46.0 Å². The van der Waals surface area contributed by atoms with Gasteiger partial charge in [-0.3, -0.25) is 4.79 Å². The number of rotatable bonds is 9. The average molecular weight is 327 g/mol. The van der Waals surface area contributed by atoms with Crippen molar-refractivity contribution in [2.75, 3.05) is 11.9 Å². The summed E-state index contributed by atoms with van der Waals surface area (Å²) < 4.78 is 4.94. The number of carbonyl (C=O) groups excluding carboxylic acids is 1. The first-order valence-corrected chi connectivity index (χ1v) is 8.40. The topological polar surface area (TPSA) is 64.1 Å². The molecule has 1 heterocycles. The van der Waals surface area contributed by atoms with Gasteiger partial charge in [-0.25, -0.2) is 9.97 Å². The molecule has 0 fully saturated rings. The van der Waals surface area contributed by atoms with Gasteiger partial charge in [-0.1, -0.05) is 50.1 Å². The number of carbonyl (C=O) groups is 1. The van der Waals surface area contributed by atoms with Crippen LogP contribution in [-0.4, -0.2) is 23.0 Å². The van der Waals surface area contributed by atoms with Gasteiger partial charge in [0, 0.05) is 12.5 Å². The second-order valence-corrected chi connectivity index (χ2v) is 5.89. The van der Waals surface area contributed by atoms with Crippen molar-refractivity contribution in [3.8, 4) is 5.75 Å². The molecule has 0 spiro atoms. The summed E-state index contributed by atoms with van der Waals surface area (Å²) in [5.41, 5.74) is 2.64. The van der Waals surface area contributed by atoms with Gasteiger partial charge < -0.3 is 10.1 Å². The Balaban J connectivity index is 2.10. The summed E-state index contributed by atoms with van der Waals surface area (Å²) in [6.45, 7) is 7.00. The Morgan fingerprint density at radius 3 is 2.42 bits per heavy atom. The first kappa shape index (κ1) is 17.9. The van der Waals surface area contributed by atoms with Crippen LogP contribution in [0.2, 0.25) is 0 Å². The molecule has 0 aliphatic heterocycles. The highest BCUT2D eigenvalue weighted by Crippen LogP contribution is 2.24. The lowest BCUT2D eigenvalue weighted by Crippen LogP contribution is -2.15. The molecule has 5 heteroatoms. The number of unbranched alkanes of at least 4 members (excludes halogenated alkanes) is 1. The Kier molecular flexibility index (Phi) is 6.73. The number of ether oxygens (including phenoxy) is 1. The molecule has 0 saturated heterocycles. The number of hydrogen-bond acceptors (Lipinski definition) is 5. The van der Waals surface area contributed by atoms with Crippen LogP contribution >= 0.6 is 0 Å². The number of aromatic nitrogens is 2. The maximum atomic E-state index is 10.5. The summed E-state index contributed by atoms with van der Waals surface area (Å²) in [7, 11) is 0. The third-order valence-corrected chi connectivity index (χ3v) is 4.05. The zero-order valence-corrected chi connectivity index (χ0v) is 14.6. The molecule has 0 radical (unpaired) electrons. The maximum absolute atomic E-state index is 10.5. The van der Waals surface area contributed by atoms with Crippen LogP contribution in [0.3, 0.4) is 0 Å². The van der Waals surface area contributed by atoms with Gasteiger partial charge in [0.25, 0.3) is 6.47 Å². The zero-order chi connectivity index (χ0) is 17.4. The molecule has 0 bridgehead atoms. The fourth-order valence-electron chi connectivity index (χ4n) is 2.78. The van der Waals surface area contributed by atoms with E-state index < -0.39 is 0 Å². The standard InChI is InChI=1S/C19H25N3O2/c1-4-5-9-17(16-10-7-6-8-11-16)12-20-19-21-14(2)18(24-13-23)15(3)22-19/h6-8,10-11,13,17H,4-5,9,12H2,1-3H3,(H,20,21,22). The highest BCUT2D eigenvalue weighted by molar-refractivity contribution is 5.49. The van der Waals surface area contributed by atoms with Crippen LogP contribution in [0, 0.1) is 13.8 Å². The highest BCUT2D eigenvalue weighted by atomic mass is 16.5. The van der Waals surface area contributed by atoms with E-state index in [-0.39, 0.29) is 0 Å². The van der Waals surface area contributed by atoms with E-state index in [1.165, 1.54) is 18.4 Å². The van der Waals surface area contributed by atoms with Crippen LogP contribution < -0.4 is 10.1 Å². The molecule has 0 amide bonds. The van der Waals surface area contributed by atoms with Gasteiger partial charge in [0.05, 0.1) is 11.4 Å². The van der Waals surface area contributed by atoms with Gasteiger partial charge in [-0.2, -0.15) is 0 Å². The summed E-state index contributed by atoms with van der Waals surface area (Å²) >= 11 is 0. The highest BCUT2D eigenvalue weighted by Gasteiger charge is 2.13. The fourth-order valence-corrected chi connectivity index (χ4v) is 2.78. The first-order valence-electron chi connectivity index (χ1n) is 8.40. The van der Waals surface area contributed by atoms with Gasteiger partial charge in [0.2, 0.25) is 5.95 Å². The lowest BCUT2D eigenvalue weighted by molar-refractivity contribution is -0.120. The summed E-state index contributed by atoms with van der Waals surface area (Å²) in [5, 5.41) is 3.34. The molecule has 0 saturated carbocycles. The lowest BCUT2D eigenvalue weighted by Gasteiger charge is -2.18. The molecule has 1 aromatic heterocycles. The number of benzene rings is 1. The quantitative estimate of drug-likeness (QED) is 0.705. The second kappa shape index (κ2) is 9.01. The van der Waals surface area contributed by atoms with E-state index in [1.54, 1.807) is 0 Å². The molecular formula is C19H25N3O2. The molecule has 2 aromatic rings. The molecular weight excluding hydrogens is 302 g/mol. The summed E-state index contributed by atoms with van der Waals surface area (Å²) in [6, 6.07) is 10.5. The van der Waals surface area contributed by atoms with Crippen LogP contribution in [0.1, 0.15) is 49.1 Å². The largest absolute Gasteiger partial charge is 0.425 e. The maximum Gasteiger partial charge on any atom is 0.298 e. The van der Waals surface area contributed by atoms with Gasteiger partial charge in [-0.15, -0.1) is 0 Å². The number of nitrogens with zero attached hydrogens (tertiary/aromatic N) is 2. The molecule has 1 unspecified atom stereocenters. The van der Waals surface area contributed by atoms with E-state index in [1.807, 2.05) is 19.9 Å². The predicted molar refractivity (Wildman–Crippen MR) is 95.4 cm³/mol. The van der Waals surface area contributed by atoms with Gasteiger partial charge in [0.15, 0.2) is 5.75 Å². The Morgan fingerprint density at radius 1 is 1.17 bits per heavy atom. The SMILES string of the molecule is CCCCC(CNc1nc(C)c(OC=O)c(C)n1)c1ccccc1. The third kappa shape index (κ3) is 4.78. The molecule has 1 atom stereocenters. The van der Waals surface area contributed by atoms with Gasteiger partial charge in [0.1, 0.15) is 0 Å². The van der Waals surface area contributed by atoms with E-state index >= 15 is 0 Å². The van der Waals surface area contributed by atoms with Crippen LogP contribution in [0.15, 0.2) is 30.3 Å². The zero-order valence-electron chi connectivity index (χ0n) is 14.6. The third-order valence-electron chi connectivity index (χ3n) is 4.05. The van der Waals surface area contributed by atoms with Crippen molar-refractivity contribution in [3.63, 3.8) is 0 Å². The van der Waals surface area contributed by atoms with Gasteiger partial charge >= 0.3 is 0 Å². The minimum atomic E-state index is 0.405. The van der Waals surface area contributed by atoms with E-state index in [0.29, 0.717) is 35.5 Å². The average Bonchev–Trinajstić information content (AvgIpc) is 2.59. The number of anilines is 1. The van der Waals surface area contributed by atoms with Crippen LogP contribution in [0.4, 0.5) is 5.95 Å². The van der Waals surface area contributed by atoms with Crippen LogP contribution in [0.5, 0.6) is 5.75 Å². The minimum Gasteiger partial charge on any atom is -0.425 e. The number of nitrogens with one attached hydrogen (secondary N) is 1. The molecule has 0 aliphatic carbocycles. The van der Waals surface area contributed by atoms with Crippen molar-refractivity contribution >= 4 is 12.4 Å². The monoisotopic (exact) mass is 327 g/mol. The molecule has 0 aliphatic rings. The van der Waals surface area contributed by atoms with Gasteiger partial charge in [-0.05, 0) is 25.8 Å². The summed E-state index contributed by atoms with van der Waals surface area (Å²) in [4.78, 5) is 19.3. The Bertz CT molecular complexity index is 636.